The van der Waals surface area contributed by atoms with E-state index in [1.54, 1.807) is 31.2 Å². The molecule has 0 saturated carbocycles. The summed E-state index contributed by atoms with van der Waals surface area (Å²) in [5.74, 6) is 0.120. The average Bonchev–Trinajstić information content (AvgIpc) is 2.37. The molecule has 1 aromatic rings. The highest BCUT2D eigenvalue weighted by Gasteiger charge is 2.25. The van der Waals surface area contributed by atoms with Crippen LogP contribution in [0.5, 0.6) is 5.75 Å². The molecule has 5 nitrogen and oxygen atoms in total. The molecule has 1 aliphatic rings. The van der Waals surface area contributed by atoms with Crippen molar-refractivity contribution in [3.8, 4) is 5.75 Å². The number of aliphatic hydroxyl groups excluding tert-OH is 1. The first-order valence-corrected chi connectivity index (χ1v) is 6.40. The van der Waals surface area contributed by atoms with Gasteiger partial charge in [-0.2, -0.15) is 0 Å². The van der Waals surface area contributed by atoms with Crippen LogP contribution in [-0.2, 0) is 9.53 Å². The summed E-state index contributed by atoms with van der Waals surface area (Å²) in [5, 5.41) is 9.76. The molecule has 0 radical (unpaired) electrons. The Labute approximate surface area is 112 Å². The molecule has 19 heavy (non-hydrogen) atoms. The Morgan fingerprint density at radius 1 is 1.42 bits per heavy atom. The number of carbonyl (C=O) groups excluding carboxylic acids is 1. The van der Waals surface area contributed by atoms with Gasteiger partial charge in [-0.05, 0) is 31.7 Å². The largest absolute Gasteiger partial charge is 0.488 e. The molecule has 2 rings (SSSR count). The van der Waals surface area contributed by atoms with E-state index in [1.165, 1.54) is 0 Å². The van der Waals surface area contributed by atoms with Crippen LogP contribution in [-0.4, -0.2) is 48.8 Å². The fraction of sp³-hybridized carbons (Fsp3) is 0.500. The summed E-state index contributed by atoms with van der Waals surface area (Å²) in [6.07, 6.45) is -1.00. The summed E-state index contributed by atoms with van der Waals surface area (Å²) in [5.41, 5.74) is 0.511. The highest BCUT2D eigenvalue weighted by atomic mass is 16.5. The Hall–Kier alpha value is -1.59. The number of likely N-dealkylation sites (N-methyl/N-ethyl adjacent to an activating group) is 1. The molecule has 1 N–H and O–H groups in total. The Bertz CT molecular complexity index is 426. The predicted molar refractivity (Wildman–Crippen MR) is 69.9 cm³/mol. The molecule has 0 aromatic heterocycles. The maximum atomic E-state index is 11.4. The summed E-state index contributed by atoms with van der Waals surface area (Å²) in [6, 6.07) is 6.88. The van der Waals surface area contributed by atoms with Crippen molar-refractivity contribution in [2.75, 3.05) is 26.7 Å². The predicted octanol–water partition coefficient (Wildman–Crippen LogP) is 0.976. The van der Waals surface area contributed by atoms with E-state index >= 15 is 0 Å². The molecule has 0 amide bonds. The Kier molecular flexibility index (Phi) is 4.39. The van der Waals surface area contributed by atoms with Crippen molar-refractivity contribution in [3.05, 3.63) is 29.8 Å². The average molecular weight is 265 g/mol. The number of aliphatic hydroxyl groups is 1. The molecular formula is C14H19NO4. The molecule has 0 aliphatic carbocycles. The first-order chi connectivity index (χ1) is 9.10. The molecule has 1 aliphatic heterocycles. The quantitative estimate of drug-likeness (QED) is 0.804. The molecule has 104 valence electrons. The summed E-state index contributed by atoms with van der Waals surface area (Å²) in [6.45, 7) is 3.81. The number of nitrogens with zero attached hydrogens (tertiary/aromatic N) is 1. The minimum Gasteiger partial charge on any atom is -0.488 e. The van der Waals surface area contributed by atoms with Gasteiger partial charge in [0.25, 0.3) is 0 Å². The van der Waals surface area contributed by atoms with Gasteiger partial charge in [0.2, 0.25) is 0 Å². The lowest BCUT2D eigenvalue weighted by Gasteiger charge is -2.36. The third-order valence-electron chi connectivity index (χ3n) is 3.04. The standard InChI is InChI=1S/C14H19NO4/c1-3-18-14(17)13(16)10-4-6-11(7-5-10)19-12-8-15(2)9-12/h4-7,12-13,16H,3,8-9H2,1-2H3. The number of ether oxygens (including phenoxy) is 2. The van der Waals surface area contributed by atoms with Crippen LogP contribution in [0.1, 0.15) is 18.6 Å². The lowest BCUT2D eigenvalue weighted by Crippen LogP contribution is -2.51. The first kappa shape index (κ1) is 13.8. The minimum atomic E-state index is -1.23. The second-order valence-corrected chi connectivity index (χ2v) is 4.68. The molecule has 1 atom stereocenters. The van der Waals surface area contributed by atoms with Crippen LogP contribution < -0.4 is 4.74 Å². The van der Waals surface area contributed by atoms with Crippen molar-refractivity contribution < 1.29 is 19.4 Å². The van der Waals surface area contributed by atoms with E-state index in [9.17, 15) is 9.90 Å². The molecule has 1 aromatic carbocycles. The zero-order valence-electron chi connectivity index (χ0n) is 11.2. The van der Waals surface area contributed by atoms with Gasteiger partial charge in [0, 0.05) is 13.1 Å². The Morgan fingerprint density at radius 2 is 2.05 bits per heavy atom. The zero-order valence-corrected chi connectivity index (χ0v) is 11.2. The second kappa shape index (κ2) is 6.04. The number of likely N-dealkylation sites (tertiary alicyclic amines) is 1. The van der Waals surface area contributed by atoms with Crippen LogP contribution in [0.15, 0.2) is 24.3 Å². The second-order valence-electron chi connectivity index (χ2n) is 4.68. The number of hydrogen-bond donors (Lipinski definition) is 1. The van der Waals surface area contributed by atoms with E-state index in [4.69, 9.17) is 9.47 Å². The van der Waals surface area contributed by atoms with Gasteiger partial charge in [0.05, 0.1) is 6.61 Å². The topological polar surface area (TPSA) is 59.0 Å². The van der Waals surface area contributed by atoms with Gasteiger partial charge in [-0.3, -0.25) is 4.90 Å². The Balaban J connectivity index is 1.92. The van der Waals surface area contributed by atoms with Gasteiger partial charge < -0.3 is 14.6 Å². The lowest BCUT2D eigenvalue weighted by molar-refractivity contribution is -0.153. The zero-order chi connectivity index (χ0) is 13.8. The van der Waals surface area contributed by atoms with Crippen molar-refractivity contribution >= 4 is 5.97 Å². The molecule has 1 saturated heterocycles. The van der Waals surface area contributed by atoms with Crippen LogP contribution in [0.25, 0.3) is 0 Å². The minimum absolute atomic E-state index is 0.228. The van der Waals surface area contributed by atoms with Gasteiger partial charge in [0.1, 0.15) is 11.9 Å². The third kappa shape index (κ3) is 3.45. The van der Waals surface area contributed by atoms with E-state index in [1.807, 2.05) is 7.05 Å². The first-order valence-electron chi connectivity index (χ1n) is 6.40. The maximum Gasteiger partial charge on any atom is 0.339 e. The molecule has 0 spiro atoms. The van der Waals surface area contributed by atoms with Crippen LogP contribution in [0.2, 0.25) is 0 Å². The van der Waals surface area contributed by atoms with Crippen molar-refractivity contribution in [2.24, 2.45) is 0 Å². The van der Waals surface area contributed by atoms with Gasteiger partial charge >= 0.3 is 5.97 Å². The summed E-state index contributed by atoms with van der Waals surface area (Å²) >= 11 is 0. The highest BCUT2D eigenvalue weighted by molar-refractivity contribution is 5.76. The normalized spacial score (nSPS) is 17.6. The fourth-order valence-electron chi connectivity index (χ4n) is 1.99. The fourth-order valence-corrected chi connectivity index (χ4v) is 1.99. The van der Waals surface area contributed by atoms with Gasteiger partial charge in [0.15, 0.2) is 6.10 Å². The van der Waals surface area contributed by atoms with Crippen molar-refractivity contribution in [3.63, 3.8) is 0 Å². The van der Waals surface area contributed by atoms with Crippen LogP contribution in [0.4, 0.5) is 0 Å². The monoisotopic (exact) mass is 265 g/mol. The van der Waals surface area contributed by atoms with Crippen molar-refractivity contribution in [2.45, 2.75) is 19.1 Å². The number of benzene rings is 1. The molecule has 1 fully saturated rings. The van der Waals surface area contributed by atoms with E-state index in [2.05, 4.69) is 4.90 Å². The summed E-state index contributed by atoms with van der Waals surface area (Å²) in [7, 11) is 2.04. The van der Waals surface area contributed by atoms with E-state index < -0.39 is 12.1 Å². The van der Waals surface area contributed by atoms with Crippen LogP contribution >= 0.6 is 0 Å². The molecular weight excluding hydrogens is 246 g/mol. The number of carbonyl (C=O) groups is 1. The maximum absolute atomic E-state index is 11.4. The van der Waals surface area contributed by atoms with Crippen LogP contribution in [0, 0.1) is 0 Å². The van der Waals surface area contributed by atoms with Gasteiger partial charge in [-0.15, -0.1) is 0 Å². The smallest absolute Gasteiger partial charge is 0.339 e. The lowest BCUT2D eigenvalue weighted by atomic mass is 10.1. The number of hydrogen-bond acceptors (Lipinski definition) is 5. The SMILES string of the molecule is CCOC(=O)C(O)c1ccc(OC2CN(C)C2)cc1. The van der Waals surface area contributed by atoms with Crippen molar-refractivity contribution in [1.29, 1.82) is 0 Å². The van der Waals surface area contributed by atoms with E-state index in [0.717, 1.165) is 18.8 Å². The summed E-state index contributed by atoms with van der Waals surface area (Å²) < 4.78 is 10.5. The molecule has 1 unspecified atom stereocenters. The number of esters is 1. The number of rotatable bonds is 5. The highest BCUT2D eigenvalue weighted by Crippen LogP contribution is 2.21. The summed E-state index contributed by atoms with van der Waals surface area (Å²) in [4.78, 5) is 13.6. The molecule has 0 bridgehead atoms. The van der Waals surface area contributed by atoms with Crippen molar-refractivity contribution in [1.82, 2.24) is 4.90 Å². The van der Waals surface area contributed by atoms with Gasteiger partial charge in [-0.1, -0.05) is 12.1 Å². The van der Waals surface area contributed by atoms with Gasteiger partial charge in [-0.25, -0.2) is 4.79 Å². The van der Waals surface area contributed by atoms with E-state index in [-0.39, 0.29) is 12.7 Å². The third-order valence-corrected chi connectivity index (χ3v) is 3.04. The molecule has 5 heteroatoms. The van der Waals surface area contributed by atoms with E-state index in [0.29, 0.717) is 5.56 Å². The molecule has 1 heterocycles. The van der Waals surface area contributed by atoms with Crippen LogP contribution in [0.3, 0.4) is 0 Å². The Morgan fingerprint density at radius 3 is 2.58 bits per heavy atom.